The smallest absolute Gasteiger partial charge is 0.255 e. The number of halogens is 1. The number of hydrogen-bond acceptors (Lipinski definition) is 6. The lowest BCUT2D eigenvalue weighted by Gasteiger charge is -2.40. The highest BCUT2D eigenvalue weighted by Gasteiger charge is 2.38. The van der Waals surface area contributed by atoms with Crippen molar-refractivity contribution in [1.29, 1.82) is 0 Å². The molecular weight excluding hydrogens is 490 g/mol. The fourth-order valence-corrected chi connectivity index (χ4v) is 6.08. The van der Waals surface area contributed by atoms with E-state index >= 15 is 0 Å². The van der Waals surface area contributed by atoms with Crippen molar-refractivity contribution in [2.75, 3.05) is 44.2 Å². The van der Waals surface area contributed by atoms with E-state index in [1.807, 2.05) is 23.1 Å². The Bertz CT molecular complexity index is 1100. The van der Waals surface area contributed by atoms with Gasteiger partial charge in [-0.25, -0.2) is 4.98 Å². The van der Waals surface area contributed by atoms with Crippen molar-refractivity contribution in [2.24, 2.45) is 5.41 Å². The molecule has 2 N–H and O–H groups in total. The summed E-state index contributed by atoms with van der Waals surface area (Å²) in [7, 11) is 0. The largest absolute Gasteiger partial charge is 0.388 e. The number of anilines is 1. The molecule has 1 atom stereocenters. The number of rotatable bonds is 6. The molecule has 3 aliphatic heterocycles. The third-order valence-electron chi connectivity index (χ3n) is 8.71. The Morgan fingerprint density at radius 1 is 1.08 bits per heavy atom. The van der Waals surface area contributed by atoms with E-state index in [2.05, 4.69) is 34.3 Å². The molecule has 0 saturated carbocycles. The molecule has 3 saturated heterocycles. The van der Waals surface area contributed by atoms with Gasteiger partial charge in [-0.05, 0) is 55.5 Å². The summed E-state index contributed by atoms with van der Waals surface area (Å²) < 4.78 is 1.52. The van der Waals surface area contributed by atoms with Crippen molar-refractivity contribution in [2.45, 2.75) is 63.5 Å². The third-order valence-corrected chi connectivity index (χ3v) is 8.71. The van der Waals surface area contributed by atoms with E-state index in [0.717, 1.165) is 50.4 Å². The van der Waals surface area contributed by atoms with Gasteiger partial charge in [0.2, 0.25) is 5.91 Å². The van der Waals surface area contributed by atoms with E-state index in [1.165, 1.54) is 11.0 Å². The van der Waals surface area contributed by atoms with Crippen LogP contribution in [0.3, 0.4) is 0 Å². The number of aromatic nitrogens is 2. The molecule has 3 fully saturated rings. The number of likely N-dealkylation sites (tertiary alicyclic amines) is 1. The normalized spacial score (nSPS) is 21.5. The number of piperidine rings is 2. The van der Waals surface area contributed by atoms with Gasteiger partial charge in [-0.3, -0.25) is 14.2 Å². The minimum absolute atomic E-state index is 0. The molecule has 1 spiro atoms. The molecule has 0 radical (unpaired) electrons. The van der Waals surface area contributed by atoms with Crippen LogP contribution < -0.4 is 15.8 Å². The van der Waals surface area contributed by atoms with Gasteiger partial charge >= 0.3 is 0 Å². The number of nitrogens with one attached hydrogen (secondary N) is 1. The molecule has 0 aliphatic carbocycles. The highest BCUT2D eigenvalue weighted by molar-refractivity contribution is 5.85. The quantitative estimate of drug-likeness (QED) is 0.598. The lowest BCUT2D eigenvalue weighted by atomic mass is 9.78. The highest BCUT2D eigenvalue weighted by Crippen LogP contribution is 2.37. The predicted octanol–water partition coefficient (Wildman–Crippen LogP) is 2.79. The van der Waals surface area contributed by atoms with Crippen molar-refractivity contribution in [1.82, 2.24) is 19.8 Å². The van der Waals surface area contributed by atoms with Crippen LogP contribution in [0.25, 0.3) is 0 Å². The van der Waals surface area contributed by atoms with E-state index in [1.54, 1.807) is 12.4 Å². The lowest BCUT2D eigenvalue weighted by Crippen LogP contribution is -2.50. The van der Waals surface area contributed by atoms with Gasteiger partial charge in [0.1, 0.15) is 5.82 Å². The predicted molar refractivity (Wildman–Crippen MR) is 147 cm³/mol. The van der Waals surface area contributed by atoms with Crippen molar-refractivity contribution in [3.63, 3.8) is 0 Å². The fraction of sp³-hybridized carbons (Fsp3) is 0.607. The second-order valence-corrected chi connectivity index (χ2v) is 11.2. The summed E-state index contributed by atoms with van der Waals surface area (Å²) in [6, 6.07) is 11.7. The summed E-state index contributed by atoms with van der Waals surface area (Å²) in [5.41, 5.74) is 0.438. The van der Waals surface area contributed by atoms with E-state index in [0.29, 0.717) is 37.8 Å². The van der Waals surface area contributed by atoms with E-state index < -0.39 is 5.60 Å². The Morgan fingerprint density at radius 3 is 2.41 bits per heavy atom. The molecule has 202 valence electrons. The molecule has 0 bridgehead atoms. The number of carbonyl (C=O) groups excluding carboxylic acids is 1. The average molecular weight is 530 g/mol. The van der Waals surface area contributed by atoms with E-state index in [4.69, 9.17) is 0 Å². The van der Waals surface area contributed by atoms with Gasteiger partial charge in [0.25, 0.3) is 5.56 Å². The molecule has 1 amide bonds. The van der Waals surface area contributed by atoms with Gasteiger partial charge in [0, 0.05) is 45.2 Å². The topological polar surface area (TPSA) is 90.7 Å². The van der Waals surface area contributed by atoms with Gasteiger partial charge in [-0.1, -0.05) is 37.3 Å². The van der Waals surface area contributed by atoms with Gasteiger partial charge in [-0.2, -0.15) is 0 Å². The Labute approximate surface area is 225 Å². The van der Waals surface area contributed by atoms with Crippen LogP contribution in [0.15, 0.2) is 47.5 Å². The highest BCUT2D eigenvalue weighted by atomic mass is 35.5. The van der Waals surface area contributed by atoms with E-state index in [-0.39, 0.29) is 36.3 Å². The summed E-state index contributed by atoms with van der Waals surface area (Å²) in [6.07, 6.45) is 6.44. The SMILES string of the molecule is C[C@H](CC(=O)N1CCC(O)(Cn2cnc(N3CCC4(CCNC4)CC3)cc2=O)CC1)c1ccccc1.Cl. The molecule has 0 unspecified atom stereocenters. The zero-order valence-corrected chi connectivity index (χ0v) is 22.6. The number of amides is 1. The Hall–Kier alpha value is -2.42. The van der Waals surface area contributed by atoms with Crippen LogP contribution in [0.2, 0.25) is 0 Å². The van der Waals surface area contributed by atoms with Crippen molar-refractivity contribution < 1.29 is 9.90 Å². The number of aliphatic hydroxyl groups is 1. The zero-order valence-electron chi connectivity index (χ0n) is 21.8. The summed E-state index contributed by atoms with van der Waals surface area (Å²) in [6.45, 7) is 7.34. The number of benzene rings is 1. The first-order chi connectivity index (χ1) is 17.3. The van der Waals surface area contributed by atoms with Crippen LogP contribution in [-0.2, 0) is 11.3 Å². The van der Waals surface area contributed by atoms with Crippen molar-refractivity contribution in [3.8, 4) is 0 Å². The molecule has 2 aromatic rings. The maximum absolute atomic E-state index is 12.9. The van der Waals surface area contributed by atoms with Crippen molar-refractivity contribution in [3.05, 3.63) is 58.6 Å². The molecule has 9 heteroatoms. The monoisotopic (exact) mass is 529 g/mol. The van der Waals surface area contributed by atoms with Gasteiger partial charge in [0.15, 0.2) is 0 Å². The number of carbonyl (C=O) groups is 1. The molecule has 3 aliphatic rings. The van der Waals surface area contributed by atoms with Crippen LogP contribution in [0.1, 0.15) is 56.9 Å². The summed E-state index contributed by atoms with van der Waals surface area (Å²) >= 11 is 0. The van der Waals surface area contributed by atoms with Gasteiger partial charge in [0.05, 0.1) is 18.5 Å². The first-order valence-electron chi connectivity index (χ1n) is 13.4. The van der Waals surface area contributed by atoms with Gasteiger partial charge in [-0.15, -0.1) is 12.4 Å². The first-order valence-corrected chi connectivity index (χ1v) is 13.4. The van der Waals surface area contributed by atoms with Crippen LogP contribution in [0, 0.1) is 5.41 Å². The van der Waals surface area contributed by atoms with Crippen LogP contribution in [0.4, 0.5) is 5.82 Å². The molecule has 5 rings (SSSR count). The van der Waals surface area contributed by atoms with Gasteiger partial charge < -0.3 is 20.2 Å². The zero-order chi connectivity index (χ0) is 25.2. The number of hydrogen-bond donors (Lipinski definition) is 2. The second kappa shape index (κ2) is 11.5. The fourth-order valence-electron chi connectivity index (χ4n) is 6.08. The first kappa shape index (κ1) is 27.6. The minimum atomic E-state index is -1.01. The summed E-state index contributed by atoms with van der Waals surface area (Å²) in [4.78, 5) is 34.4. The average Bonchev–Trinajstić information content (AvgIpc) is 3.34. The molecule has 4 heterocycles. The molecule has 1 aromatic carbocycles. The summed E-state index contributed by atoms with van der Waals surface area (Å²) in [5, 5.41) is 14.7. The van der Waals surface area contributed by atoms with E-state index in [9.17, 15) is 14.7 Å². The minimum Gasteiger partial charge on any atom is -0.388 e. The maximum atomic E-state index is 12.9. The Kier molecular flexibility index (Phi) is 8.61. The third kappa shape index (κ3) is 6.36. The van der Waals surface area contributed by atoms with Crippen LogP contribution >= 0.6 is 12.4 Å². The van der Waals surface area contributed by atoms with Crippen molar-refractivity contribution >= 4 is 24.1 Å². The molecule has 1 aromatic heterocycles. The summed E-state index contributed by atoms with van der Waals surface area (Å²) in [5.74, 6) is 1.01. The molecule has 8 nitrogen and oxygen atoms in total. The Morgan fingerprint density at radius 2 is 1.78 bits per heavy atom. The standard InChI is InChI=1S/C28H39N5O3.ClH/c1-22(23-5-3-2-4-6-23)17-25(34)32-15-10-28(36,11-16-32)20-33-21-30-24(18-26(33)35)31-13-8-27(9-14-31)7-12-29-19-27;/h2-6,18,21-22,29,36H,7-17,19-20H2,1H3;1H/t22-;/m1./s1. The second-order valence-electron chi connectivity index (χ2n) is 11.2. The van der Waals surface area contributed by atoms with Crippen LogP contribution in [-0.4, -0.2) is 70.3 Å². The number of nitrogens with zero attached hydrogens (tertiary/aromatic N) is 4. The lowest BCUT2D eigenvalue weighted by molar-refractivity contribution is -0.136. The molecule has 37 heavy (non-hydrogen) atoms. The Balaban J connectivity index is 0.00000320. The maximum Gasteiger partial charge on any atom is 0.255 e. The van der Waals surface area contributed by atoms with Crippen LogP contribution in [0.5, 0.6) is 0 Å². The molecular formula is C28H40ClN5O3.